The molecule has 1 N–H and O–H groups in total. The second kappa shape index (κ2) is 5.95. The van der Waals surface area contributed by atoms with Crippen LogP contribution in [0, 0.1) is 17.5 Å². The normalized spacial score (nSPS) is 21.9. The first-order valence-corrected chi connectivity index (χ1v) is 6.80. The molecule has 2 nitrogen and oxygen atoms in total. The Bertz CT molecular complexity index is 424. The maximum absolute atomic E-state index is 13.7. The molecule has 0 aromatic heterocycles. The van der Waals surface area contributed by atoms with E-state index in [2.05, 4.69) is 5.32 Å². The molecule has 1 aromatic carbocycles. The maximum Gasteiger partial charge on any atom is 0.194 e. The summed E-state index contributed by atoms with van der Waals surface area (Å²) in [4.78, 5) is 0. The zero-order valence-electron chi connectivity index (χ0n) is 9.88. The molecule has 1 aliphatic rings. The van der Waals surface area contributed by atoms with Gasteiger partial charge in [0.15, 0.2) is 17.5 Å². The number of nitrogens with one attached hydrogen (secondary N) is 1. The van der Waals surface area contributed by atoms with Gasteiger partial charge < -0.3 is 10.1 Å². The smallest absolute Gasteiger partial charge is 0.194 e. The molecule has 2 atom stereocenters. The lowest BCUT2D eigenvalue weighted by molar-refractivity contribution is 0.0477. The van der Waals surface area contributed by atoms with Crippen LogP contribution in [0.2, 0.25) is 0 Å². The summed E-state index contributed by atoms with van der Waals surface area (Å²) in [6.45, 7) is 0.582. The van der Waals surface area contributed by atoms with Gasteiger partial charge in [-0.1, -0.05) is 6.07 Å². The van der Waals surface area contributed by atoms with Crippen LogP contribution < -0.4 is 5.32 Å². The fourth-order valence-corrected chi connectivity index (χ4v) is 2.92. The van der Waals surface area contributed by atoms with E-state index in [0.717, 1.165) is 11.8 Å². The lowest BCUT2D eigenvalue weighted by Gasteiger charge is -2.30. The van der Waals surface area contributed by atoms with Crippen molar-refractivity contribution in [1.82, 2.24) is 5.32 Å². The largest absolute Gasteiger partial charge is 0.375 e. The Labute approximate surface area is 108 Å². The number of thioether (sulfide) groups is 1. The quantitative estimate of drug-likeness (QED) is 0.858. The lowest BCUT2D eigenvalue weighted by atomic mass is 10.0. The number of hydrogen-bond acceptors (Lipinski definition) is 3. The standard InChI is InChI=1S/C12H14F3NOS/c1-16-12(9-6-18-5-4-17-9)7-2-3-8(13)11(15)10(7)14/h2-3,9,12,16H,4-6H2,1H3. The second-order valence-corrected chi connectivity index (χ2v) is 5.16. The first kappa shape index (κ1) is 13.7. The van der Waals surface area contributed by atoms with Gasteiger partial charge in [0.1, 0.15) is 0 Å². The van der Waals surface area contributed by atoms with E-state index in [4.69, 9.17) is 4.74 Å². The summed E-state index contributed by atoms with van der Waals surface area (Å²) in [6, 6.07) is 1.72. The molecule has 0 saturated carbocycles. The Hall–Kier alpha value is -0.720. The van der Waals surface area contributed by atoms with E-state index in [0.29, 0.717) is 12.4 Å². The predicted molar refractivity (Wildman–Crippen MR) is 65.2 cm³/mol. The van der Waals surface area contributed by atoms with Crippen LogP contribution in [0.1, 0.15) is 11.6 Å². The monoisotopic (exact) mass is 277 g/mol. The van der Waals surface area contributed by atoms with Crippen molar-refractivity contribution in [2.24, 2.45) is 0 Å². The molecular formula is C12H14F3NOS. The van der Waals surface area contributed by atoms with Crippen LogP contribution in [0.15, 0.2) is 12.1 Å². The van der Waals surface area contributed by atoms with Crippen molar-refractivity contribution < 1.29 is 17.9 Å². The van der Waals surface area contributed by atoms with E-state index in [1.54, 1.807) is 18.8 Å². The van der Waals surface area contributed by atoms with Crippen LogP contribution in [-0.4, -0.2) is 31.3 Å². The molecule has 2 rings (SSSR count). The molecule has 0 spiro atoms. The fourth-order valence-electron chi connectivity index (χ4n) is 2.02. The lowest BCUT2D eigenvalue weighted by Crippen LogP contribution is -2.37. The first-order valence-electron chi connectivity index (χ1n) is 5.65. The highest BCUT2D eigenvalue weighted by molar-refractivity contribution is 7.99. The Morgan fingerprint density at radius 3 is 2.72 bits per heavy atom. The molecule has 0 bridgehead atoms. The van der Waals surface area contributed by atoms with Crippen LogP contribution in [0.4, 0.5) is 13.2 Å². The number of benzene rings is 1. The van der Waals surface area contributed by atoms with E-state index in [-0.39, 0.29) is 11.7 Å². The number of rotatable bonds is 3. The van der Waals surface area contributed by atoms with Crippen molar-refractivity contribution in [1.29, 1.82) is 0 Å². The highest BCUT2D eigenvalue weighted by Gasteiger charge is 2.29. The minimum atomic E-state index is -1.43. The van der Waals surface area contributed by atoms with Gasteiger partial charge in [-0.25, -0.2) is 13.2 Å². The number of halogens is 3. The van der Waals surface area contributed by atoms with E-state index in [9.17, 15) is 13.2 Å². The minimum Gasteiger partial charge on any atom is -0.375 e. The zero-order valence-corrected chi connectivity index (χ0v) is 10.7. The average Bonchev–Trinajstić information content (AvgIpc) is 2.41. The Morgan fingerprint density at radius 1 is 1.33 bits per heavy atom. The minimum absolute atomic E-state index is 0.101. The van der Waals surface area contributed by atoms with Gasteiger partial charge >= 0.3 is 0 Å². The van der Waals surface area contributed by atoms with Crippen LogP contribution in [-0.2, 0) is 4.74 Å². The highest BCUT2D eigenvalue weighted by Crippen LogP contribution is 2.28. The number of likely N-dealkylation sites (N-methyl/N-ethyl adjacent to an activating group) is 1. The summed E-state index contributed by atoms with van der Waals surface area (Å²) in [5.41, 5.74) is 0.101. The summed E-state index contributed by atoms with van der Waals surface area (Å²) < 4.78 is 45.4. The molecule has 2 unspecified atom stereocenters. The zero-order chi connectivity index (χ0) is 13.1. The van der Waals surface area contributed by atoms with Gasteiger partial charge in [-0.15, -0.1) is 0 Å². The predicted octanol–water partition coefficient (Wildman–Crippen LogP) is 2.50. The van der Waals surface area contributed by atoms with E-state index in [1.165, 1.54) is 6.07 Å². The molecule has 0 radical (unpaired) electrons. The van der Waals surface area contributed by atoms with Gasteiger partial charge in [0.05, 0.1) is 18.8 Å². The summed E-state index contributed by atoms with van der Waals surface area (Å²) >= 11 is 1.70. The molecule has 0 aliphatic carbocycles. The second-order valence-electron chi connectivity index (χ2n) is 4.02. The van der Waals surface area contributed by atoms with Gasteiger partial charge in [0.25, 0.3) is 0 Å². The van der Waals surface area contributed by atoms with Crippen molar-refractivity contribution >= 4 is 11.8 Å². The van der Waals surface area contributed by atoms with Crippen molar-refractivity contribution in [3.05, 3.63) is 35.1 Å². The van der Waals surface area contributed by atoms with Crippen LogP contribution >= 0.6 is 11.8 Å². The summed E-state index contributed by atoms with van der Waals surface area (Å²) in [6.07, 6.45) is -0.242. The van der Waals surface area contributed by atoms with Gasteiger partial charge in [0, 0.05) is 17.1 Å². The SMILES string of the molecule is CNC(c1ccc(F)c(F)c1F)C1CSCCO1. The van der Waals surface area contributed by atoms with Gasteiger partial charge in [0.2, 0.25) is 0 Å². The highest BCUT2D eigenvalue weighted by atomic mass is 32.2. The van der Waals surface area contributed by atoms with Crippen molar-refractivity contribution in [2.45, 2.75) is 12.1 Å². The van der Waals surface area contributed by atoms with E-state index in [1.807, 2.05) is 0 Å². The Morgan fingerprint density at radius 2 is 2.11 bits per heavy atom. The van der Waals surface area contributed by atoms with Crippen molar-refractivity contribution in [3.8, 4) is 0 Å². The van der Waals surface area contributed by atoms with Crippen LogP contribution in [0.5, 0.6) is 0 Å². The average molecular weight is 277 g/mol. The molecule has 1 heterocycles. The summed E-state index contributed by atoms with van der Waals surface area (Å²) in [5.74, 6) is -2.16. The third kappa shape index (κ3) is 2.65. The topological polar surface area (TPSA) is 21.3 Å². The summed E-state index contributed by atoms with van der Waals surface area (Å²) in [7, 11) is 1.65. The molecule has 1 fully saturated rings. The molecule has 18 heavy (non-hydrogen) atoms. The third-order valence-electron chi connectivity index (χ3n) is 2.92. The van der Waals surface area contributed by atoms with Crippen LogP contribution in [0.25, 0.3) is 0 Å². The summed E-state index contributed by atoms with van der Waals surface area (Å²) in [5, 5.41) is 2.91. The van der Waals surface area contributed by atoms with Gasteiger partial charge in [-0.2, -0.15) is 11.8 Å². The molecule has 1 aromatic rings. The van der Waals surface area contributed by atoms with E-state index >= 15 is 0 Å². The molecule has 1 aliphatic heterocycles. The number of ether oxygens (including phenoxy) is 1. The van der Waals surface area contributed by atoms with Gasteiger partial charge in [-0.3, -0.25) is 0 Å². The molecule has 100 valence electrons. The third-order valence-corrected chi connectivity index (χ3v) is 3.94. The maximum atomic E-state index is 13.7. The molecule has 6 heteroatoms. The van der Waals surface area contributed by atoms with Gasteiger partial charge in [-0.05, 0) is 13.1 Å². The van der Waals surface area contributed by atoms with Crippen molar-refractivity contribution in [3.63, 3.8) is 0 Å². The Kier molecular flexibility index (Phi) is 4.53. The Balaban J connectivity index is 2.29. The fraction of sp³-hybridized carbons (Fsp3) is 0.500. The van der Waals surface area contributed by atoms with Crippen LogP contribution in [0.3, 0.4) is 0 Å². The molecule has 0 amide bonds. The van der Waals surface area contributed by atoms with E-state index < -0.39 is 23.5 Å². The first-order chi connectivity index (χ1) is 8.65. The molecular weight excluding hydrogens is 263 g/mol. The molecule has 1 saturated heterocycles. The number of hydrogen-bond donors (Lipinski definition) is 1. The van der Waals surface area contributed by atoms with Crippen molar-refractivity contribution in [2.75, 3.05) is 25.2 Å².